The molecule has 0 aliphatic carbocycles. The fourth-order valence-electron chi connectivity index (χ4n) is 1.64. The number of nitrogens with zero attached hydrogens (tertiary/aromatic N) is 1. The highest BCUT2D eigenvalue weighted by Crippen LogP contribution is 2.32. The predicted molar refractivity (Wildman–Crippen MR) is 59.0 cm³/mol. The third-order valence-corrected chi connectivity index (χ3v) is 2.55. The topological polar surface area (TPSA) is 30.0 Å². The van der Waals surface area contributed by atoms with Crippen molar-refractivity contribution in [3.05, 3.63) is 65.0 Å². The fourth-order valence-corrected chi connectivity index (χ4v) is 1.64. The first-order valence-corrected chi connectivity index (χ1v) is 5.31. The van der Waals surface area contributed by atoms with Crippen LogP contribution < -0.4 is 0 Å². The molecule has 0 amide bonds. The van der Waals surface area contributed by atoms with Crippen molar-refractivity contribution in [3.63, 3.8) is 0 Å². The van der Waals surface area contributed by atoms with Gasteiger partial charge in [-0.3, -0.25) is 9.78 Å². The molecule has 0 atom stereocenters. The number of ketones is 1. The van der Waals surface area contributed by atoms with Crippen LogP contribution in [0.25, 0.3) is 0 Å². The van der Waals surface area contributed by atoms with Gasteiger partial charge in [0.2, 0.25) is 0 Å². The molecule has 7 heteroatoms. The Kier molecular flexibility index (Phi) is 3.52. The Morgan fingerprint density at radius 1 is 1.05 bits per heavy atom. The van der Waals surface area contributed by atoms with E-state index in [0.29, 0.717) is 18.3 Å². The number of benzene rings is 1. The largest absolute Gasteiger partial charge is 0.417 e. The average Bonchev–Trinajstić information content (AvgIpc) is 2.37. The molecule has 0 aliphatic heterocycles. The zero-order valence-corrected chi connectivity index (χ0v) is 9.71. The van der Waals surface area contributed by atoms with E-state index in [1.54, 1.807) is 0 Å². The molecule has 0 saturated heterocycles. The Hall–Kier alpha value is -2.31. The summed E-state index contributed by atoms with van der Waals surface area (Å²) in [7, 11) is 0. The third kappa shape index (κ3) is 2.66. The van der Waals surface area contributed by atoms with Gasteiger partial charge in [0.25, 0.3) is 0 Å². The van der Waals surface area contributed by atoms with Crippen molar-refractivity contribution in [1.29, 1.82) is 0 Å². The zero-order chi connectivity index (χ0) is 14.9. The molecule has 0 bridgehead atoms. The Morgan fingerprint density at radius 2 is 1.75 bits per heavy atom. The first-order valence-electron chi connectivity index (χ1n) is 5.31. The Morgan fingerprint density at radius 3 is 2.35 bits per heavy atom. The summed E-state index contributed by atoms with van der Waals surface area (Å²) >= 11 is 0. The van der Waals surface area contributed by atoms with Crippen molar-refractivity contribution in [1.82, 2.24) is 4.98 Å². The molecular formula is C13H6F5NO. The third-order valence-electron chi connectivity index (χ3n) is 2.55. The van der Waals surface area contributed by atoms with E-state index in [9.17, 15) is 26.7 Å². The summed E-state index contributed by atoms with van der Waals surface area (Å²) in [5.74, 6) is -3.36. The lowest BCUT2D eigenvalue weighted by Crippen LogP contribution is -2.15. The van der Waals surface area contributed by atoms with Gasteiger partial charge in [-0.05, 0) is 18.2 Å². The van der Waals surface area contributed by atoms with Crippen molar-refractivity contribution < 1.29 is 26.7 Å². The molecule has 1 aromatic heterocycles. The summed E-state index contributed by atoms with van der Waals surface area (Å²) in [6.45, 7) is 0. The van der Waals surface area contributed by atoms with E-state index in [2.05, 4.69) is 4.98 Å². The van der Waals surface area contributed by atoms with Crippen molar-refractivity contribution in [3.8, 4) is 0 Å². The number of carbonyl (C=O) groups is 1. The van der Waals surface area contributed by atoms with Crippen molar-refractivity contribution in [2.45, 2.75) is 6.18 Å². The lowest BCUT2D eigenvalue weighted by atomic mass is 9.99. The molecule has 2 aromatic rings. The molecule has 2 rings (SSSR count). The minimum absolute atomic E-state index is 0.427. The van der Waals surface area contributed by atoms with Gasteiger partial charge >= 0.3 is 6.18 Å². The normalized spacial score (nSPS) is 11.4. The van der Waals surface area contributed by atoms with Crippen LogP contribution in [0.3, 0.4) is 0 Å². The maximum Gasteiger partial charge on any atom is 0.417 e. The van der Waals surface area contributed by atoms with Gasteiger partial charge in [0.05, 0.1) is 16.7 Å². The van der Waals surface area contributed by atoms with Crippen LogP contribution in [0.15, 0.2) is 36.7 Å². The molecule has 2 nitrogen and oxygen atoms in total. The van der Waals surface area contributed by atoms with E-state index in [0.717, 1.165) is 18.3 Å². The van der Waals surface area contributed by atoms with Crippen LogP contribution in [0.2, 0.25) is 0 Å². The van der Waals surface area contributed by atoms with Gasteiger partial charge in [-0.15, -0.1) is 0 Å². The highest BCUT2D eigenvalue weighted by Gasteiger charge is 2.35. The molecule has 104 valence electrons. The van der Waals surface area contributed by atoms with Crippen LogP contribution in [0, 0.1) is 11.6 Å². The van der Waals surface area contributed by atoms with Crippen LogP contribution in [0.5, 0.6) is 0 Å². The Labute approximate surface area is 109 Å². The average molecular weight is 287 g/mol. The van der Waals surface area contributed by atoms with Crippen molar-refractivity contribution >= 4 is 5.78 Å². The van der Waals surface area contributed by atoms with Gasteiger partial charge in [0.15, 0.2) is 5.78 Å². The van der Waals surface area contributed by atoms with Crippen LogP contribution in [-0.2, 0) is 6.18 Å². The second kappa shape index (κ2) is 4.99. The van der Waals surface area contributed by atoms with E-state index in [4.69, 9.17) is 0 Å². The monoisotopic (exact) mass is 287 g/mol. The minimum atomic E-state index is -4.77. The fraction of sp³-hybridized carbons (Fsp3) is 0.0769. The van der Waals surface area contributed by atoms with Gasteiger partial charge in [0.1, 0.15) is 11.6 Å². The highest BCUT2D eigenvalue weighted by atomic mass is 19.4. The molecule has 0 N–H and O–H groups in total. The minimum Gasteiger partial charge on any atom is -0.288 e. The smallest absolute Gasteiger partial charge is 0.288 e. The van der Waals surface area contributed by atoms with Crippen molar-refractivity contribution in [2.24, 2.45) is 0 Å². The maximum absolute atomic E-state index is 13.5. The predicted octanol–water partition coefficient (Wildman–Crippen LogP) is 3.61. The standard InChI is InChI=1S/C13H6F5NO/c14-7-1-2-8(11(15)5-7)12(20)9-6-19-4-3-10(9)13(16,17)18/h1-6H. The Balaban J connectivity index is 2.55. The molecule has 1 heterocycles. The summed E-state index contributed by atoms with van der Waals surface area (Å²) < 4.78 is 64.5. The molecule has 0 spiro atoms. The quantitative estimate of drug-likeness (QED) is 0.624. The van der Waals surface area contributed by atoms with E-state index < -0.39 is 40.3 Å². The van der Waals surface area contributed by atoms with Crippen molar-refractivity contribution in [2.75, 3.05) is 0 Å². The lowest BCUT2D eigenvalue weighted by molar-refractivity contribution is -0.137. The van der Waals surface area contributed by atoms with E-state index in [1.165, 1.54) is 0 Å². The van der Waals surface area contributed by atoms with Gasteiger partial charge in [0, 0.05) is 18.5 Å². The lowest BCUT2D eigenvalue weighted by Gasteiger charge is -2.11. The molecule has 0 unspecified atom stereocenters. The van der Waals surface area contributed by atoms with Crippen LogP contribution in [0.1, 0.15) is 21.5 Å². The molecule has 0 saturated carbocycles. The first-order chi connectivity index (χ1) is 9.30. The molecule has 1 aromatic carbocycles. The van der Waals surface area contributed by atoms with E-state index in [-0.39, 0.29) is 0 Å². The Bertz CT molecular complexity index is 666. The number of rotatable bonds is 2. The summed E-state index contributed by atoms with van der Waals surface area (Å²) in [6, 6.07) is 2.63. The number of hydrogen-bond acceptors (Lipinski definition) is 2. The first kappa shape index (κ1) is 14.1. The molecule has 0 radical (unpaired) electrons. The number of aromatic nitrogens is 1. The molecule has 20 heavy (non-hydrogen) atoms. The highest BCUT2D eigenvalue weighted by molar-refractivity contribution is 6.10. The number of carbonyl (C=O) groups excluding carboxylic acids is 1. The SMILES string of the molecule is O=C(c1ccc(F)cc1F)c1cnccc1C(F)(F)F. The second-order valence-electron chi connectivity index (χ2n) is 3.87. The van der Waals surface area contributed by atoms with Crippen LogP contribution >= 0.6 is 0 Å². The molecule has 0 aliphatic rings. The van der Waals surface area contributed by atoms with Crippen LogP contribution in [0.4, 0.5) is 22.0 Å². The second-order valence-corrected chi connectivity index (χ2v) is 3.87. The number of hydrogen-bond donors (Lipinski definition) is 0. The van der Waals surface area contributed by atoms with Gasteiger partial charge in [-0.25, -0.2) is 8.78 Å². The number of pyridine rings is 1. The summed E-state index contributed by atoms with van der Waals surface area (Å²) in [5, 5.41) is 0. The summed E-state index contributed by atoms with van der Waals surface area (Å²) in [5.41, 5.74) is -2.66. The number of halogens is 5. The summed E-state index contributed by atoms with van der Waals surface area (Å²) in [6.07, 6.45) is -3.20. The van der Waals surface area contributed by atoms with Gasteiger partial charge < -0.3 is 0 Å². The van der Waals surface area contributed by atoms with E-state index in [1.807, 2.05) is 0 Å². The number of alkyl halides is 3. The van der Waals surface area contributed by atoms with E-state index >= 15 is 0 Å². The van der Waals surface area contributed by atoms with Gasteiger partial charge in [-0.2, -0.15) is 13.2 Å². The molecular weight excluding hydrogens is 281 g/mol. The van der Waals surface area contributed by atoms with Crippen LogP contribution in [-0.4, -0.2) is 10.8 Å². The molecule has 0 fully saturated rings. The summed E-state index contributed by atoms with van der Waals surface area (Å²) in [4.78, 5) is 15.4. The van der Waals surface area contributed by atoms with Gasteiger partial charge in [-0.1, -0.05) is 0 Å². The maximum atomic E-state index is 13.5. The zero-order valence-electron chi connectivity index (χ0n) is 9.71.